The maximum Gasteiger partial charge on any atom is 0.333 e. The minimum Gasteiger partial charge on any atom is -0.486 e. The van der Waals surface area contributed by atoms with E-state index in [2.05, 4.69) is 38.4 Å². The van der Waals surface area contributed by atoms with E-state index in [9.17, 15) is 19.2 Å². The maximum absolute atomic E-state index is 12.0. The van der Waals surface area contributed by atoms with E-state index in [-0.39, 0.29) is 75.1 Å². The number of carbonyl (C=O) groups is 4. The molecular formula is C45H50O12. The molecule has 0 heterocycles. The van der Waals surface area contributed by atoms with E-state index in [4.69, 9.17) is 37.9 Å². The molecule has 0 N–H and O–H groups in total. The van der Waals surface area contributed by atoms with E-state index >= 15 is 0 Å². The Morgan fingerprint density at radius 3 is 1.05 bits per heavy atom. The molecule has 0 saturated heterocycles. The van der Waals surface area contributed by atoms with Crippen LogP contribution in [0.15, 0.2) is 109 Å². The summed E-state index contributed by atoms with van der Waals surface area (Å²) >= 11 is 0. The summed E-state index contributed by atoms with van der Waals surface area (Å²) in [7, 11) is 0. The van der Waals surface area contributed by atoms with Gasteiger partial charge in [-0.3, -0.25) is 0 Å². The largest absolute Gasteiger partial charge is 0.486 e. The second kappa shape index (κ2) is 20.6. The van der Waals surface area contributed by atoms with Gasteiger partial charge in [-0.05, 0) is 87.1 Å². The van der Waals surface area contributed by atoms with E-state index in [1.54, 1.807) is 39.8 Å². The number of benzene rings is 3. The normalized spacial score (nSPS) is 12.3. The lowest BCUT2D eigenvalue weighted by Gasteiger charge is -2.32. The molecular weight excluding hydrogens is 732 g/mol. The first kappa shape index (κ1) is 43.4. The Labute approximate surface area is 333 Å². The van der Waals surface area contributed by atoms with Crippen molar-refractivity contribution in [3.8, 4) is 23.0 Å². The monoisotopic (exact) mass is 782 g/mol. The average molecular weight is 783 g/mol. The number of ether oxygens (including phenoxy) is 8. The smallest absolute Gasteiger partial charge is 0.333 e. The summed E-state index contributed by atoms with van der Waals surface area (Å²) in [5.74, 6) is -0.534. The molecule has 57 heavy (non-hydrogen) atoms. The zero-order valence-corrected chi connectivity index (χ0v) is 33.1. The van der Waals surface area contributed by atoms with Gasteiger partial charge in [0.2, 0.25) is 0 Å². The molecule has 0 spiro atoms. The van der Waals surface area contributed by atoms with Gasteiger partial charge < -0.3 is 37.9 Å². The van der Waals surface area contributed by atoms with Crippen molar-refractivity contribution in [2.75, 3.05) is 52.9 Å². The number of hydrogen-bond donors (Lipinski definition) is 0. The Kier molecular flexibility index (Phi) is 15.7. The highest BCUT2D eigenvalue weighted by atomic mass is 16.6. The average Bonchev–Trinajstić information content (AvgIpc) is 3.59. The quantitative estimate of drug-likeness (QED) is 0.0460. The third-order valence-electron chi connectivity index (χ3n) is 8.79. The summed E-state index contributed by atoms with van der Waals surface area (Å²) < 4.78 is 45.4. The second-order valence-electron chi connectivity index (χ2n) is 13.6. The standard InChI is InChI=1S/C45H50O12/c1-29(2)41(46)54-21-17-50-37-15-13-35(25-39(37)52-19-23-56-43(48)31(5)6)45(27-33-11-9-10-12-34(33)28-45)36-14-16-38(51-18-22-55-42(47)30(3)4)40(26-36)53-20-24-57-44(49)32(7)8/h9-16,25-26H,1,3,5,7,17-24,27-28H2,2,4,6,8H3. The molecule has 12 nitrogen and oxygen atoms in total. The molecule has 0 bridgehead atoms. The van der Waals surface area contributed by atoms with Gasteiger partial charge in [-0.1, -0.05) is 62.7 Å². The Balaban J connectivity index is 1.71. The first-order chi connectivity index (χ1) is 27.2. The van der Waals surface area contributed by atoms with Gasteiger partial charge in [-0.25, -0.2) is 19.2 Å². The zero-order chi connectivity index (χ0) is 41.5. The Morgan fingerprint density at radius 1 is 0.456 bits per heavy atom. The van der Waals surface area contributed by atoms with Gasteiger partial charge in [0.05, 0.1) is 0 Å². The number of hydrogen-bond acceptors (Lipinski definition) is 12. The summed E-state index contributed by atoms with van der Waals surface area (Å²) in [6, 6.07) is 19.5. The Hall–Kier alpha value is -6.30. The van der Waals surface area contributed by atoms with E-state index in [0.29, 0.717) is 35.8 Å². The molecule has 0 saturated carbocycles. The molecule has 302 valence electrons. The number of fused-ring (bicyclic) bond motifs is 1. The minimum absolute atomic E-state index is 0.0116. The molecule has 3 aromatic carbocycles. The number of carbonyl (C=O) groups excluding carboxylic acids is 4. The molecule has 0 radical (unpaired) electrons. The van der Waals surface area contributed by atoms with Crippen molar-refractivity contribution in [2.45, 2.75) is 46.0 Å². The fourth-order valence-electron chi connectivity index (χ4n) is 5.90. The SMILES string of the molecule is C=C(C)C(=O)OCCOc1ccc(C2(c3ccc(OCCOC(=O)C(=C)C)c(OCCOC(=O)C(=C)C)c3)Cc3ccccc3C2)cc1OCCOC(=O)C(=C)C. The van der Waals surface area contributed by atoms with Crippen molar-refractivity contribution in [1.29, 1.82) is 0 Å². The van der Waals surface area contributed by atoms with Gasteiger partial charge in [0.1, 0.15) is 52.9 Å². The first-order valence-corrected chi connectivity index (χ1v) is 18.4. The van der Waals surface area contributed by atoms with Crippen molar-refractivity contribution >= 4 is 23.9 Å². The van der Waals surface area contributed by atoms with Crippen LogP contribution in [0.4, 0.5) is 0 Å². The van der Waals surface area contributed by atoms with Crippen LogP contribution in [0.3, 0.4) is 0 Å². The number of esters is 4. The van der Waals surface area contributed by atoms with Crippen molar-refractivity contribution < 1.29 is 57.1 Å². The van der Waals surface area contributed by atoms with Crippen molar-refractivity contribution in [2.24, 2.45) is 0 Å². The molecule has 0 aromatic heterocycles. The molecule has 3 aromatic rings. The van der Waals surface area contributed by atoms with Crippen LogP contribution < -0.4 is 18.9 Å². The Bertz CT molecular complexity index is 1870. The molecule has 1 aliphatic rings. The van der Waals surface area contributed by atoms with Gasteiger partial charge in [-0.15, -0.1) is 0 Å². The van der Waals surface area contributed by atoms with Crippen LogP contribution in [0, 0.1) is 0 Å². The first-order valence-electron chi connectivity index (χ1n) is 18.4. The lowest BCUT2D eigenvalue weighted by atomic mass is 9.72. The van der Waals surface area contributed by atoms with E-state index < -0.39 is 29.3 Å². The highest BCUT2D eigenvalue weighted by molar-refractivity contribution is 5.88. The third kappa shape index (κ3) is 12.1. The second-order valence-corrected chi connectivity index (χ2v) is 13.6. The van der Waals surface area contributed by atoms with Gasteiger partial charge >= 0.3 is 23.9 Å². The molecule has 0 unspecified atom stereocenters. The summed E-state index contributed by atoms with van der Waals surface area (Å²) in [6.07, 6.45) is 1.26. The lowest BCUT2D eigenvalue weighted by molar-refractivity contribution is -0.140. The topological polar surface area (TPSA) is 142 Å². The third-order valence-corrected chi connectivity index (χ3v) is 8.79. The summed E-state index contributed by atoms with van der Waals surface area (Å²) in [4.78, 5) is 47.9. The van der Waals surface area contributed by atoms with Gasteiger partial charge in [0.15, 0.2) is 23.0 Å². The van der Waals surface area contributed by atoms with Gasteiger partial charge in [0.25, 0.3) is 0 Å². The fraction of sp³-hybridized carbons (Fsp3) is 0.333. The van der Waals surface area contributed by atoms with Crippen LogP contribution in [0.5, 0.6) is 23.0 Å². The lowest BCUT2D eigenvalue weighted by Crippen LogP contribution is -2.29. The number of rotatable bonds is 22. The molecule has 0 atom stereocenters. The molecule has 0 amide bonds. The molecule has 0 fully saturated rings. The van der Waals surface area contributed by atoms with E-state index in [0.717, 1.165) is 11.1 Å². The van der Waals surface area contributed by atoms with Crippen LogP contribution in [0.25, 0.3) is 0 Å². The van der Waals surface area contributed by atoms with E-state index in [1.165, 1.54) is 11.1 Å². The predicted molar refractivity (Wildman–Crippen MR) is 213 cm³/mol. The van der Waals surface area contributed by atoms with Gasteiger partial charge in [0, 0.05) is 27.7 Å². The van der Waals surface area contributed by atoms with Crippen LogP contribution in [0.2, 0.25) is 0 Å². The highest BCUT2D eigenvalue weighted by Gasteiger charge is 2.41. The summed E-state index contributed by atoms with van der Waals surface area (Å²) in [5, 5.41) is 0. The van der Waals surface area contributed by atoms with Crippen LogP contribution in [-0.4, -0.2) is 76.7 Å². The summed E-state index contributed by atoms with van der Waals surface area (Å²) in [5.41, 5.74) is 4.59. The molecule has 4 rings (SSSR count). The zero-order valence-electron chi connectivity index (χ0n) is 33.1. The molecule has 1 aliphatic carbocycles. The molecule has 0 aliphatic heterocycles. The fourth-order valence-corrected chi connectivity index (χ4v) is 5.90. The summed E-state index contributed by atoms with van der Waals surface area (Å²) in [6.45, 7) is 20.8. The van der Waals surface area contributed by atoms with Gasteiger partial charge in [-0.2, -0.15) is 0 Å². The predicted octanol–water partition coefficient (Wildman–Crippen LogP) is 6.76. The molecule has 12 heteroatoms. The van der Waals surface area contributed by atoms with Crippen molar-refractivity contribution in [3.05, 3.63) is 132 Å². The Morgan fingerprint density at radius 2 is 0.754 bits per heavy atom. The maximum atomic E-state index is 12.0. The van der Waals surface area contributed by atoms with Crippen LogP contribution >= 0.6 is 0 Å². The van der Waals surface area contributed by atoms with Crippen LogP contribution in [-0.2, 0) is 56.4 Å². The van der Waals surface area contributed by atoms with Crippen molar-refractivity contribution in [3.63, 3.8) is 0 Å². The highest BCUT2D eigenvalue weighted by Crippen LogP contribution is 2.48. The minimum atomic E-state index is -0.635. The van der Waals surface area contributed by atoms with E-state index in [1.807, 2.05) is 36.4 Å². The van der Waals surface area contributed by atoms with Crippen molar-refractivity contribution in [1.82, 2.24) is 0 Å². The van der Waals surface area contributed by atoms with Crippen LogP contribution in [0.1, 0.15) is 49.9 Å².